The number of rotatable bonds is 9. The molecule has 1 aliphatic rings. The van der Waals surface area contributed by atoms with Gasteiger partial charge < -0.3 is 10.1 Å². The van der Waals surface area contributed by atoms with Crippen molar-refractivity contribution in [1.82, 2.24) is 20.7 Å². The molecule has 0 bridgehead atoms. The Bertz CT molecular complexity index is 652. The molecule has 0 aromatic heterocycles. The molecule has 0 saturated carbocycles. The zero-order chi connectivity index (χ0) is 19.2. The molecule has 1 saturated heterocycles. The highest BCUT2D eigenvalue weighted by molar-refractivity contribution is 6.08. The number of amides is 4. The van der Waals surface area contributed by atoms with Gasteiger partial charge in [-0.25, -0.2) is 4.79 Å². The number of ether oxygens (including phenoxy) is 1. The Kier molecular flexibility index (Phi) is 6.70. The zero-order valence-corrected chi connectivity index (χ0v) is 15.4. The van der Waals surface area contributed by atoms with Gasteiger partial charge in [-0.05, 0) is 25.5 Å². The van der Waals surface area contributed by atoms with Crippen molar-refractivity contribution in [3.05, 3.63) is 35.9 Å². The Morgan fingerprint density at radius 1 is 1.31 bits per heavy atom. The highest BCUT2D eigenvalue weighted by Crippen LogP contribution is 2.31. The Morgan fingerprint density at radius 2 is 2.00 bits per heavy atom. The predicted molar refractivity (Wildman–Crippen MR) is 95.9 cm³/mol. The fourth-order valence-corrected chi connectivity index (χ4v) is 3.00. The normalized spacial score (nSPS) is 19.8. The van der Waals surface area contributed by atoms with E-state index in [1.54, 1.807) is 31.2 Å². The molecule has 26 heavy (non-hydrogen) atoms. The number of carbonyl (C=O) groups is 3. The molecule has 0 radical (unpaired) electrons. The van der Waals surface area contributed by atoms with Crippen LogP contribution >= 0.6 is 0 Å². The largest absolute Gasteiger partial charge is 0.385 e. The average Bonchev–Trinajstić information content (AvgIpc) is 2.87. The summed E-state index contributed by atoms with van der Waals surface area (Å²) in [5, 5.41) is 3.51. The van der Waals surface area contributed by atoms with E-state index < -0.39 is 23.4 Å². The molecule has 4 amide bonds. The van der Waals surface area contributed by atoms with Gasteiger partial charge in [0.05, 0.1) is 6.54 Å². The van der Waals surface area contributed by atoms with Crippen LogP contribution in [0.15, 0.2) is 30.3 Å². The maximum atomic E-state index is 12.9. The molecule has 0 aliphatic carbocycles. The molecule has 1 aliphatic heterocycles. The number of likely N-dealkylation sites (N-methyl/N-ethyl adjacent to an activating group) is 1. The molecule has 2 rings (SSSR count). The first-order chi connectivity index (χ1) is 12.4. The summed E-state index contributed by atoms with van der Waals surface area (Å²) in [7, 11) is 3.42. The minimum Gasteiger partial charge on any atom is -0.385 e. The second-order valence-electron chi connectivity index (χ2n) is 6.31. The van der Waals surface area contributed by atoms with Crippen molar-refractivity contribution in [2.75, 3.05) is 33.9 Å². The maximum Gasteiger partial charge on any atom is 0.344 e. The fraction of sp³-hybridized carbons (Fsp3) is 0.500. The van der Waals surface area contributed by atoms with E-state index in [1.807, 2.05) is 25.1 Å². The van der Waals surface area contributed by atoms with E-state index in [0.717, 1.165) is 11.4 Å². The maximum absolute atomic E-state index is 12.9. The summed E-state index contributed by atoms with van der Waals surface area (Å²) < 4.78 is 4.98. The summed E-state index contributed by atoms with van der Waals surface area (Å²) in [5.41, 5.74) is 1.95. The third-order valence-electron chi connectivity index (χ3n) is 4.43. The molecule has 1 atom stereocenters. The predicted octanol–water partition coefficient (Wildman–Crippen LogP) is 0.843. The van der Waals surface area contributed by atoms with Crippen molar-refractivity contribution < 1.29 is 19.1 Å². The summed E-state index contributed by atoms with van der Waals surface area (Å²) in [6, 6.07) is 8.40. The molecule has 1 aromatic carbocycles. The third-order valence-corrected chi connectivity index (χ3v) is 4.43. The summed E-state index contributed by atoms with van der Waals surface area (Å²) >= 11 is 0. The highest BCUT2D eigenvalue weighted by Gasteiger charge is 2.52. The molecule has 1 fully saturated rings. The first-order valence-electron chi connectivity index (χ1n) is 8.63. The van der Waals surface area contributed by atoms with Crippen molar-refractivity contribution in [3.8, 4) is 0 Å². The summed E-state index contributed by atoms with van der Waals surface area (Å²) in [4.78, 5) is 39.2. The Morgan fingerprint density at radius 3 is 2.62 bits per heavy atom. The van der Waals surface area contributed by atoms with E-state index in [1.165, 1.54) is 0 Å². The minimum absolute atomic E-state index is 0.0746. The molecule has 142 valence electrons. The topological polar surface area (TPSA) is 91.0 Å². The van der Waals surface area contributed by atoms with Gasteiger partial charge in [0.1, 0.15) is 5.54 Å². The number of nitrogens with zero attached hydrogens (tertiary/aromatic N) is 2. The molecule has 1 unspecified atom stereocenters. The van der Waals surface area contributed by atoms with Crippen molar-refractivity contribution in [2.45, 2.75) is 25.3 Å². The molecular weight excluding hydrogens is 336 g/mol. The van der Waals surface area contributed by atoms with Crippen LogP contribution in [0.3, 0.4) is 0 Å². The number of methoxy groups -OCH3 is 1. The number of carbonyl (C=O) groups excluding carboxylic acids is 3. The number of imide groups is 1. The number of benzene rings is 1. The van der Waals surface area contributed by atoms with Gasteiger partial charge in [-0.15, -0.1) is 0 Å². The molecule has 8 heteroatoms. The number of hydrazine groups is 1. The summed E-state index contributed by atoms with van der Waals surface area (Å²) in [6.45, 7) is 3.17. The van der Waals surface area contributed by atoms with Gasteiger partial charge in [-0.2, -0.15) is 5.01 Å². The zero-order valence-electron chi connectivity index (χ0n) is 15.4. The molecule has 0 spiro atoms. The van der Waals surface area contributed by atoms with Gasteiger partial charge in [0.15, 0.2) is 0 Å². The van der Waals surface area contributed by atoms with E-state index in [-0.39, 0.29) is 6.54 Å². The minimum atomic E-state index is -1.16. The molecule has 2 N–H and O–H groups in total. The Hall–Kier alpha value is -2.45. The first kappa shape index (κ1) is 19.9. The molecule has 8 nitrogen and oxygen atoms in total. The number of hydrogen-bond donors (Lipinski definition) is 2. The smallest absolute Gasteiger partial charge is 0.344 e. The van der Waals surface area contributed by atoms with Crippen LogP contribution in [0.25, 0.3) is 0 Å². The third kappa shape index (κ3) is 4.20. The molecular formula is C18H26N4O4. The van der Waals surface area contributed by atoms with Crippen molar-refractivity contribution in [2.24, 2.45) is 0 Å². The summed E-state index contributed by atoms with van der Waals surface area (Å²) in [5.74, 6) is -0.903. The van der Waals surface area contributed by atoms with Crippen LogP contribution in [0, 0.1) is 0 Å². The number of nitrogens with one attached hydrogen (secondary N) is 2. The van der Waals surface area contributed by atoms with Crippen LogP contribution in [-0.2, 0) is 19.9 Å². The van der Waals surface area contributed by atoms with E-state index in [4.69, 9.17) is 4.74 Å². The van der Waals surface area contributed by atoms with Crippen molar-refractivity contribution in [3.63, 3.8) is 0 Å². The lowest BCUT2D eigenvalue weighted by Crippen LogP contribution is -2.50. The van der Waals surface area contributed by atoms with Gasteiger partial charge in [-0.1, -0.05) is 37.3 Å². The second-order valence-corrected chi connectivity index (χ2v) is 6.31. The van der Waals surface area contributed by atoms with Gasteiger partial charge in [-0.3, -0.25) is 19.9 Å². The van der Waals surface area contributed by atoms with Crippen molar-refractivity contribution >= 4 is 17.8 Å². The van der Waals surface area contributed by atoms with Gasteiger partial charge >= 0.3 is 6.03 Å². The van der Waals surface area contributed by atoms with E-state index >= 15 is 0 Å². The second kappa shape index (κ2) is 8.77. The lowest BCUT2D eigenvalue weighted by molar-refractivity contribution is -0.139. The fourth-order valence-electron chi connectivity index (χ4n) is 3.00. The standard InChI is InChI=1S/C18H26N4O4/c1-4-18(14-9-6-5-7-10-14)16(24)22(17(25)19-18)20-15(23)13-21(2)11-8-12-26-3/h5-7,9-10H,4,8,11-13H2,1-3H3,(H,19,25)(H,20,23). The number of hydrogen-bond acceptors (Lipinski definition) is 5. The lowest BCUT2D eigenvalue weighted by Gasteiger charge is -2.25. The van der Waals surface area contributed by atoms with Gasteiger partial charge in [0.25, 0.3) is 11.8 Å². The highest BCUT2D eigenvalue weighted by atomic mass is 16.5. The van der Waals surface area contributed by atoms with E-state index in [9.17, 15) is 14.4 Å². The lowest BCUT2D eigenvalue weighted by atomic mass is 9.87. The first-order valence-corrected chi connectivity index (χ1v) is 8.63. The Balaban J connectivity index is 2.03. The average molecular weight is 362 g/mol. The molecule has 1 heterocycles. The quantitative estimate of drug-likeness (QED) is 0.502. The van der Waals surface area contributed by atoms with E-state index in [2.05, 4.69) is 10.7 Å². The van der Waals surface area contributed by atoms with Gasteiger partial charge in [0, 0.05) is 20.3 Å². The Labute approximate surface area is 153 Å². The van der Waals surface area contributed by atoms with E-state index in [0.29, 0.717) is 25.1 Å². The van der Waals surface area contributed by atoms with Crippen LogP contribution in [-0.4, -0.2) is 61.6 Å². The van der Waals surface area contributed by atoms with Crippen LogP contribution in [0.1, 0.15) is 25.3 Å². The van der Waals surface area contributed by atoms with Crippen LogP contribution < -0.4 is 10.7 Å². The molecule has 1 aromatic rings. The summed E-state index contributed by atoms with van der Waals surface area (Å²) in [6.07, 6.45) is 1.17. The monoisotopic (exact) mass is 362 g/mol. The van der Waals surface area contributed by atoms with Gasteiger partial charge in [0.2, 0.25) is 0 Å². The SMILES string of the molecule is CCC1(c2ccccc2)NC(=O)N(NC(=O)CN(C)CCCOC)C1=O. The van der Waals surface area contributed by atoms with Crippen molar-refractivity contribution in [1.29, 1.82) is 0 Å². The van der Waals surface area contributed by atoms with Crippen LogP contribution in [0.2, 0.25) is 0 Å². The van der Waals surface area contributed by atoms with Crippen LogP contribution in [0.4, 0.5) is 4.79 Å². The number of urea groups is 1. The van der Waals surface area contributed by atoms with Crippen LogP contribution in [0.5, 0.6) is 0 Å².